The Morgan fingerprint density at radius 2 is 1.10 bits per heavy atom. The average Bonchev–Trinajstić information content (AvgIpc) is 3.59. The van der Waals surface area contributed by atoms with Crippen molar-refractivity contribution in [2.45, 2.75) is 0 Å². The number of hydrazone groups is 2. The van der Waals surface area contributed by atoms with Crippen LogP contribution in [-0.4, -0.2) is 44.3 Å². The zero-order chi connectivity index (χ0) is 28.8. The molecular weight excluding hydrogens is 532 g/mol. The molecule has 16 nitrogen and oxygen atoms in total. The van der Waals surface area contributed by atoms with Crippen molar-refractivity contribution in [2.75, 3.05) is 0 Å². The maximum Gasteiger partial charge on any atom is 0.331 e. The van der Waals surface area contributed by atoms with Crippen LogP contribution < -0.4 is 10.9 Å². The number of carbonyl (C=O) groups is 2. The van der Waals surface area contributed by atoms with Gasteiger partial charge in [-0.05, 0) is 48.5 Å². The quantitative estimate of drug-likeness (QED) is 0.109. The molecule has 0 bridgehead atoms. The summed E-state index contributed by atoms with van der Waals surface area (Å²) in [6, 6.07) is 13.3. The molecule has 202 valence electrons. The number of phenols is 2. The fourth-order valence-corrected chi connectivity index (χ4v) is 3.21. The lowest BCUT2D eigenvalue weighted by Crippen LogP contribution is -2.35. The van der Waals surface area contributed by atoms with Crippen LogP contribution in [0.2, 0.25) is 0 Å². The molecule has 4 N–H and O–H groups in total. The van der Waals surface area contributed by atoms with Crippen LogP contribution in [0.25, 0.3) is 22.6 Å². The number of benzene rings is 2. The molecule has 0 atom stereocenters. The van der Waals surface area contributed by atoms with Crippen LogP contribution in [0.4, 0.5) is 11.4 Å². The van der Waals surface area contributed by atoms with Crippen molar-refractivity contribution in [3.63, 3.8) is 0 Å². The highest BCUT2D eigenvalue weighted by molar-refractivity contribution is 6.35. The van der Waals surface area contributed by atoms with Crippen LogP contribution in [0.3, 0.4) is 0 Å². The standard InChI is InChI=1S/C24H16N6O10/c31-19-5-1-13(9-17(19)29(35)36)21-7-3-15(39-21)11-25-27-23(33)24(34)28-26-12-16-4-8-22(40-16)14-2-6-20(32)18(10-14)30(37)38/h1-12,31-32H,(H,27,33)(H,28,34)/b25-11+,26-12?. The predicted molar refractivity (Wildman–Crippen MR) is 136 cm³/mol. The second kappa shape index (κ2) is 11.4. The number of amides is 2. The zero-order valence-electron chi connectivity index (χ0n) is 19.9. The average molecular weight is 548 g/mol. The summed E-state index contributed by atoms with van der Waals surface area (Å²) in [5, 5.41) is 48.3. The molecule has 0 spiro atoms. The van der Waals surface area contributed by atoms with Crippen molar-refractivity contribution in [2.24, 2.45) is 10.2 Å². The maximum absolute atomic E-state index is 11.9. The molecule has 0 saturated heterocycles. The summed E-state index contributed by atoms with van der Waals surface area (Å²) in [7, 11) is 0. The van der Waals surface area contributed by atoms with Crippen LogP contribution in [0.5, 0.6) is 11.5 Å². The van der Waals surface area contributed by atoms with Crippen molar-refractivity contribution in [1.82, 2.24) is 10.9 Å². The lowest BCUT2D eigenvalue weighted by Gasteiger charge is -1.99. The van der Waals surface area contributed by atoms with E-state index in [0.29, 0.717) is 11.1 Å². The fraction of sp³-hybridized carbons (Fsp3) is 0. The van der Waals surface area contributed by atoms with Gasteiger partial charge in [-0.15, -0.1) is 0 Å². The van der Waals surface area contributed by atoms with Gasteiger partial charge in [-0.1, -0.05) is 0 Å². The van der Waals surface area contributed by atoms with Crippen LogP contribution >= 0.6 is 0 Å². The number of aromatic hydroxyl groups is 2. The van der Waals surface area contributed by atoms with Crippen molar-refractivity contribution >= 4 is 35.6 Å². The van der Waals surface area contributed by atoms with E-state index < -0.39 is 44.5 Å². The minimum atomic E-state index is -1.16. The van der Waals surface area contributed by atoms with E-state index in [1.807, 2.05) is 10.9 Å². The fourth-order valence-electron chi connectivity index (χ4n) is 3.21. The molecule has 2 heterocycles. The third-order valence-corrected chi connectivity index (χ3v) is 5.09. The molecule has 2 amide bonds. The number of hydrogen-bond donors (Lipinski definition) is 4. The van der Waals surface area contributed by atoms with Crippen molar-refractivity contribution in [1.29, 1.82) is 0 Å². The van der Waals surface area contributed by atoms with Gasteiger partial charge in [0.25, 0.3) is 0 Å². The molecule has 40 heavy (non-hydrogen) atoms. The second-order valence-electron chi connectivity index (χ2n) is 7.72. The number of rotatable bonds is 8. The molecule has 0 fully saturated rings. The van der Waals surface area contributed by atoms with Gasteiger partial charge in [-0.25, -0.2) is 10.9 Å². The van der Waals surface area contributed by atoms with E-state index in [1.54, 1.807) is 0 Å². The van der Waals surface area contributed by atoms with Gasteiger partial charge in [-0.3, -0.25) is 29.8 Å². The molecular formula is C24H16N6O10. The third kappa shape index (κ3) is 6.14. The summed E-state index contributed by atoms with van der Waals surface area (Å²) in [5.74, 6) is -2.56. The molecule has 0 radical (unpaired) electrons. The van der Waals surface area contributed by atoms with Gasteiger partial charge in [0.2, 0.25) is 0 Å². The number of carbonyl (C=O) groups excluding carboxylic acids is 2. The van der Waals surface area contributed by atoms with E-state index in [9.17, 15) is 40.0 Å². The lowest BCUT2D eigenvalue weighted by atomic mass is 10.1. The van der Waals surface area contributed by atoms with E-state index in [-0.39, 0.29) is 23.0 Å². The van der Waals surface area contributed by atoms with Crippen LogP contribution in [0, 0.1) is 20.2 Å². The molecule has 0 unspecified atom stereocenters. The van der Waals surface area contributed by atoms with Crippen molar-refractivity contribution in [3.8, 4) is 34.1 Å². The monoisotopic (exact) mass is 548 g/mol. The number of hydrogen-bond acceptors (Lipinski definition) is 12. The minimum Gasteiger partial charge on any atom is -0.502 e. The van der Waals surface area contributed by atoms with E-state index in [2.05, 4.69) is 10.2 Å². The van der Waals surface area contributed by atoms with Crippen LogP contribution in [0.15, 0.2) is 79.7 Å². The zero-order valence-corrected chi connectivity index (χ0v) is 19.9. The summed E-state index contributed by atoms with van der Waals surface area (Å²) in [5.41, 5.74) is 3.57. The first-order chi connectivity index (χ1) is 19.1. The summed E-state index contributed by atoms with van der Waals surface area (Å²) < 4.78 is 10.9. The first-order valence-corrected chi connectivity index (χ1v) is 10.9. The third-order valence-electron chi connectivity index (χ3n) is 5.09. The lowest BCUT2D eigenvalue weighted by molar-refractivity contribution is -0.385. The van der Waals surface area contributed by atoms with Gasteiger partial charge in [0.1, 0.15) is 23.0 Å². The highest BCUT2D eigenvalue weighted by Crippen LogP contribution is 2.33. The van der Waals surface area contributed by atoms with Crippen LogP contribution in [-0.2, 0) is 9.59 Å². The van der Waals surface area contributed by atoms with E-state index in [4.69, 9.17) is 8.83 Å². The van der Waals surface area contributed by atoms with E-state index in [1.165, 1.54) is 36.4 Å². The number of phenolic OH excluding ortho intramolecular Hbond substituents is 2. The van der Waals surface area contributed by atoms with E-state index in [0.717, 1.165) is 36.7 Å². The molecule has 2 aromatic heterocycles. The molecule has 16 heteroatoms. The number of nitrogens with one attached hydrogen (secondary N) is 2. The highest BCUT2D eigenvalue weighted by Gasteiger charge is 2.17. The van der Waals surface area contributed by atoms with Crippen molar-refractivity contribution < 1.29 is 38.5 Å². The molecule has 0 aliphatic rings. The minimum absolute atomic E-state index is 0.150. The Morgan fingerprint density at radius 3 is 1.48 bits per heavy atom. The van der Waals surface area contributed by atoms with Gasteiger partial charge in [0.05, 0.1) is 22.3 Å². The van der Waals surface area contributed by atoms with E-state index >= 15 is 0 Å². The van der Waals surface area contributed by atoms with Crippen molar-refractivity contribution in [3.05, 3.63) is 92.4 Å². The van der Waals surface area contributed by atoms with Gasteiger partial charge in [-0.2, -0.15) is 10.2 Å². The summed E-state index contributed by atoms with van der Waals surface area (Å²) in [6.45, 7) is 0. The number of nitro benzene ring substituents is 2. The second-order valence-corrected chi connectivity index (χ2v) is 7.72. The summed E-state index contributed by atoms with van der Waals surface area (Å²) in [6.07, 6.45) is 2.18. The Balaban J connectivity index is 1.30. The smallest absolute Gasteiger partial charge is 0.331 e. The number of nitrogens with zero attached hydrogens (tertiary/aromatic N) is 4. The van der Waals surface area contributed by atoms with Gasteiger partial charge < -0.3 is 19.0 Å². The SMILES string of the molecule is O=C(NN=Cc1ccc(-c2ccc(O)c([N+](=O)[O-])c2)o1)C(=O)N/N=C/c1ccc(-c2ccc(O)c([N+](=O)[O-])c2)o1. The Morgan fingerprint density at radius 1 is 0.700 bits per heavy atom. The first kappa shape index (κ1) is 26.7. The molecule has 4 rings (SSSR count). The molecule has 0 aliphatic heterocycles. The molecule has 4 aromatic rings. The summed E-state index contributed by atoms with van der Waals surface area (Å²) in [4.78, 5) is 44.3. The Labute approximate surface area is 222 Å². The first-order valence-electron chi connectivity index (χ1n) is 10.9. The molecule has 2 aromatic carbocycles. The van der Waals surface area contributed by atoms with Gasteiger partial charge in [0.15, 0.2) is 11.5 Å². The predicted octanol–water partition coefficient (Wildman–Crippen LogP) is 3.03. The highest BCUT2D eigenvalue weighted by atomic mass is 16.6. The maximum atomic E-state index is 11.9. The summed E-state index contributed by atoms with van der Waals surface area (Å²) >= 11 is 0. The molecule has 0 saturated carbocycles. The number of nitro groups is 2. The number of furan rings is 2. The topological polar surface area (TPSA) is 236 Å². The van der Waals surface area contributed by atoms with Gasteiger partial charge in [0, 0.05) is 23.3 Å². The Kier molecular flexibility index (Phi) is 7.61. The largest absolute Gasteiger partial charge is 0.502 e. The molecule has 0 aliphatic carbocycles. The Hall–Kier alpha value is -6.32. The van der Waals surface area contributed by atoms with Crippen LogP contribution in [0.1, 0.15) is 11.5 Å². The Bertz CT molecular complexity index is 1560. The normalized spacial score (nSPS) is 11.1. The van der Waals surface area contributed by atoms with Gasteiger partial charge >= 0.3 is 23.2 Å².